The number of likely N-dealkylation sites (N-methyl/N-ethyl adjacent to an activating group) is 1. The van der Waals surface area contributed by atoms with Crippen LogP contribution in [-0.2, 0) is 4.74 Å². The number of hydrogen-bond acceptors (Lipinski definition) is 2. The molecule has 0 unspecified atom stereocenters. The largest absolute Gasteiger partial charge is 0.377 e. The third-order valence-corrected chi connectivity index (χ3v) is 3.50. The van der Waals surface area contributed by atoms with E-state index in [0.717, 1.165) is 10.0 Å². The second-order valence-corrected chi connectivity index (χ2v) is 5.46. The van der Waals surface area contributed by atoms with E-state index in [1.807, 2.05) is 39.0 Å². The number of rotatable bonds is 5. The van der Waals surface area contributed by atoms with Crippen LogP contribution in [0.4, 0.5) is 0 Å². The van der Waals surface area contributed by atoms with Crippen molar-refractivity contribution in [2.75, 3.05) is 20.2 Å². The Kier molecular flexibility index (Phi) is 5.82. The summed E-state index contributed by atoms with van der Waals surface area (Å²) < 4.78 is 6.40. The van der Waals surface area contributed by atoms with Gasteiger partial charge in [-0.25, -0.2) is 0 Å². The first-order chi connectivity index (χ1) is 8.41. The van der Waals surface area contributed by atoms with Gasteiger partial charge < -0.3 is 9.64 Å². The first kappa shape index (κ1) is 15.2. The second-order valence-electron chi connectivity index (χ2n) is 4.61. The molecule has 0 spiro atoms. The van der Waals surface area contributed by atoms with E-state index in [2.05, 4.69) is 15.9 Å². The minimum Gasteiger partial charge on any atom is -0.377 e. The molecule has 4 heteroatoms. The van der Waals surface area contributed by atoms with Crippen molar-refractivity contribution >= 4 is 21.8 Å². The zero-order valence-corrected chi connectivity index (χ0v) is 13.0. The average molecular weight is 314 g/mol. The Morgan fingerprint density at radius 1 is 1.44 bits per heavy atom. The minimum absolute atomic E-state index is 0.0167. The first-order valence-corrected chi connectivity index (χ1v) is 6.84. The van der Waals surface area contributed by atoms with Gasteiger partial charge in [0, 0.05) is 23.6 Å². The number of ether oxygens (including phenoxy) is 1. The van der Waals surface area contributed by atoms with Gasteiger partial charge >= 0.3 is 0 Å². The van der Waals surface area contributed by atoms with Crippen LogP contribution in [0.3, 0.4) is 0 Å². The van der Waals surface area contributed by atoms with Crippen LogP contribution in [0.25, 0.3) is 0 Å². The summed E-state index contributed by atoms with van der Waals surface area (Å²) in [5.74, 6) is 0.0167. The van der Waals surface area contributed by atoms with Gasteiger partial charge in [0.05, 0.1) is 12.7 Å². The van der Waals surface area contributed by atoms with Crippen LogP contribution in [0.2, 0.25) is 0 Å². The van der Waals surface area contributed by atoms with Crippen LogP contribution in [0.15, 0.2) is 22.7 Å². The Labute approximate surface area is 117 Å². The molecule has 1 rings (SSSR count). The third kappa shape index (κ3) is 4.42. The normalized spacial score (nSPS) is 10.8. The molecule has 0 N–H and O–H groups in total. The van der Waals surface area contributed by atoms with Crippen LogP contribution in [0, 0.1) is 6.92 Å². The van der Waals surface area contributed by atoms with Gasteiger partial charge in [-0.05, 0) is 38.5 Å². The van der Waals surface area contributed by atoms with Gasteiger partial charge in [-0.1, -0.05) is 22.0 Å². The number of carbonyl (C=O) groups excluding carboxylic acids is 1. The van der Waals surface area contributed by atoms with Crippen LogP contribution in [-0.4, -0.2) is 37.1 Å². The van der Waals surface area contributed by atoms with Gasteiger partial charge in [0.25, 0.3) is 5.91 Å². The lowest BCUT2D eigenvalue weighted by Gasteiger charge is -2.18. The number of halogens is 1. The Bertz CT molecular complexity index is 418. The molecule has 0 aromatic heterocycles. The maximum absolute atomic E-state index is 12.1. The van der Waals surface area contributed by atoms with Gasteiger partial charge in [0.15, 0.2) is 0 Å². The SMILES string of the molecule is Cc1ccc(C(=O)N(C)CCOC(C)C)cc1Br. The molecular formula is C14H20BrNO2. The molecule has 1 aromatic carbocycles. The summed E-state index contributed by atoms with van der Waals surface area (Å²) in [7, 11) is 1.79. The van der Waals surface area contributed by atoms with E-state index >= 15 is 0 Å². The fraction of sp³-hybridized carbons (Fsp3) is 0.500. The summed E-state index contributed by atoms with van der Waals surface area (Å²) in [6, 6.07) is 5.65. The second kappa shape index (κ2) is 6.90. The molecular weight excluding hydrogens is 294 g/mol. The van der Waals surface area contributed by atoms with Gasteiger partial charge in [-0.15, -0.1) is 0 Å². The molecule has 0 radical (unpaired) electrons. The van der Waals surface area contributed by atoms with Crippen LogP contribution >= 0.6 is 15.9 Å². The van der Waals surface area contributed by atoms with Crippen molar-refractivity contribution in [3.05, 3.63) is 33.8 Å². The van der Waals surface area contributed by atoms with Crippen molar-refractivity contribution in [3.63, 3.8) is 0 Å². The van der Waals surface area contributed by atoms with Gasteiger partial charge in [0.2, 0.25) is 0 Å². The molecule has 0 heterocycles. The fourth-order valence-electron chi connectivity index (χ4n) is 1.47. The van der Waals surface area contributed by atoms with Gasteiger partial charge in [-0.2, -0.15) is 0 Å². The maximum atomic E-state index is 12.1. The zero-order valence-electron chi connectivity index (χ0n) is 11.4. The lowest BCUT2D eigenvalue weighted by atomic mass is 10.1. The Balaban J connectivity index is 2.60. The fourth-order valence-corrected chi connectivity index (χ4v) is 1.85. The Morgan fingerprint density at radius 3 is 2.67 bits per heavy atom. The standard InChI is InChI=1S/C14H20BrNO2/c1-10(2)18-8-7-16(4)14(17)12-6-5-11(3)13(15)9-12/h5-6,9-10H,7-8H2,1-4H3. The lowest BCUT2D eigenvalue weighted by Crippen LogP contribution is -2.30. The molecule has 18 heavy (non-hydrogen) atoms. The first-order valence-electron chi connectivity index (χ1n) is 6.05. The van der Waals surface area contributed by atoms with Crippen molar-refractivity contribution in [1.29, 1.82) is 0 Å². The number of aryl methyl sites for hydroxylation is 1. The van der Waals surface area contributed by atoms with Crippen molar-refractivity contribution in [2.24, 2.45) is 0 Å². The summed E-state index contributed by atoms with van der Waals surface area (Å²) >= 11 is 3.44. The molecule has 1 amide bonds. The molecule has 0 aliphatic carbocycles. The predicted octanol–water partition coefficient (Wildman–Crippen LogP) is 3.25. The summed E-state index contributed by atoms with van der Waals surface area (Å²) in [4.78, 5) is 13.8. The van der Waals surface area contributed by atoms with E-state index in [4.69, 9.17) is 4.74 Å². The molecule has 1 aromatic rings. The van der Waals surface area contributed by atoms with Crippen molar-refractivity contribution in [2.45, 2.75) is 26.9 Å². The molecule has 100 valence electrons. The highest BCUT2D eigenvalue weighted by atomic mass is 79.9. The average Bonchev–Trinajstić information content (AvgIpc) is 2.31. The quantitative estimate of drug-likeness (QED) is 0.835. The van der Waals surface area contributed by atoms with E-state index in [1.54, 1.807) is 11.9 Å². The van der Waals surface area contributed by atoms with Crippen molar-refractivity contribution in [3.8, 4) is 0 Å². The Morgan fingerprint density at radius 2 is 2.11 bits per heavy atom. The highest BCUT2D eigenvalue weighted by molar-refractivity contribution is 9.10. The summed E-state index contributed by atoms with van der Waals surface area (Å²) in [6.07, 6.45) is 0.196. The lowest BCUT2D eigenvalue weighted by molar-refractivity contribution is 0.0532. The number of amides is 1. The van der Waals surface area contributed by atoms with E-state index < -0.39 is 0 Å². The minimum atomic E-state index is 0.0167. The summed E-state index contributed by atoms with van der Waals surface area (Å²) in [5.41, 5.74) is 1.82. The van der Waals surface area contributed by atoms with Crippen molar-refractivity contribution < 1.29 is 9.53 Å². The van der Waals surface area contributed by atoms with E-state index in [1.165, 1.54) is 0 Å². The molecule has 0 aliphatic rings. The molecule has 0 aliphatic heterocycles. The summed E-state index contributed by atoms with van der Waals surface area (Å²) in [5, 5.41) is 0. The molecule has 0 fully saturated rings. The number of benzene rings is 1. The highest BCUT2D eigenvalue weighted by Gasteiger charge is 2.12. The number of carbonyl (C=O) groups is 1. The monoisotopic (exact) mass is 313 g/mol. The topological polar surface area (TPSA) is 29.5 Å². The number of hydrogen-bond donors (Lipinski definition) is 0. The third-order valence-electron chi connectivity index (χ3n) is 2.64. The predicted molar refractivity (Wildman–Crippen MR) is 76.9 cm³/mol. The molecule has 0 saturated carbocycles. The van der Waals surface area contributed by atoms with E-state index in [0.29, 0.717) is 18.7 Å². The Hall–Kier alpha value is -0.870. The highest BCUT2D eigenvalue weighted by Crippen LogP contribution is 2.18. The number of nitrogens with zero attached hydrogens (tertiary/aromatic N) is 1. The van der Waals surface area contributed by atoms with E-state index in [9.17, 15) is 4.79 Å². The maximum Gasteiger partial charge on any atom is 0.253 e. The van der Waals surface area contributed by atoms with E-state index in [-0.39, 0.29) is 12.0 Å². The van der Waals surface area contributed by atoms with Crippen LogP contribution in [0.1, 0.15) is 29.8 Å². The van der Waals surface area contributed by atoms with Crippen LogP contribution < -0.4 is 0 Å². The van der Waals surface area contributed by atoms with Crippen molar-refractivity contribution in [1.82, 2.24) is 4.90 Å². The van der Waals surface area contributed by atoms with Gasteiger partial charge in [-0.3, -0.25) is 4.79 Å². The molecule has 3 nitrogen and oxygen atoms in total. The molecule has 0 atom stereocenters. The molecule has 0 saturated heterocycles. The smallest absolute Gasteiger partial charge is 0.253 e. The summed E-state index contributed by atoms with van der Waals surface area (Å²) in [6.45, 7) is 7.13. The van der Waals surface area contributed by atoms with Gasteiger partial charge in [0.1, 0.15) is 0 Å². The van der Waals surface area contributed by atoms with Crippen LogP contribution in [0.5, 0.6) is 0 Å². The zero-order chi connectivity index (χ0) is 13.7. The molecule has 0 bridgehead atoms.